The van der Waals surface area contributed by atoms with Gasteiger partial charge in [-0.25, -0.2) is 9.18 Å². The van der Waals surface area contributed by atoms with Gasteiger partial charge >= 0.3 is 18.1 Å². The Morgan fingerprint density at radius 1 is 1.00 bits per heavy atom. The zero-order valence-electron chi connectivity index (χ0n) is 18.4. The Balaban J connectivity index is 1.81. The molecule has 182 valence electrons. The number of carbonyl (C=O) groups excluding carboxylic acids is 1. The fourth-order valence-electron chi connectivity index (χ4n) is 4.26. The molecule has 0 radical (unpaired) electrons. The van der Waals surface area contributed by atoms with Gasteiger partial charge in [-0.05, 0) is 58.0 Å². The second-order valence-electron chi connectivity index (χ2n) is 8.17. The molecule has 4 rings (SSSR count). The molecule has 9 heteroatoms. The topological polar surface area (TPSA) is 75.6 Å². The van der Waals surface area contributed by atoms with Crippen LogP contribution in [0, 0.1) is 5.82 Å². The summed E-state index contributed by atoms with van der Waals surface area (Å²) in [7, 11) is 0. The summed E-state index contributed by atoms with van der Waals surface area (Å²) < 4.78 is 61.9. The summed E-state index contributed by atoms with van der Waals surface area (Å²) >= 11 is 0. The Morgan fingerprint density at radius 2 is 1.74 bits per heavy atom. The van der Waals surface area contributed by atoms with Crippen LogP contribution in [0.3, 0.4) is 0 Å². The van der Waals surface area contributed by atoms with Crippen molar-refractivity contribution in [2.75, 3.05) is 6.54 Å². The molecular formula is C26H21F4NO4. The van der Waals surface area contributed by atoms with Gasteiger partial charge in [-0.2, -0.15) is 13.2 Å². The average Bonchev–Trinajstić information content (AvgIpc) is 2.82. The van der Waals surface area contributed by atoms with E-state index in [1.165, 1.54) is 6.07 Å². The van der Waals surface area contributed by atoms with Crippen LogP contribution >= 0.6 is 0 Å². The van der Waals surface area contributed by atoms with E-state index in [1.807, 2.05) is 0 Å². The number of aliphatic carboxylic acids is 1. The third-order valence-corrected chi connectivity index (χ3v) is 5.81. The first kappa shape index (κ1) is 24.4. The highest BCUT2D eigenvalue weighted by Crippen LogP contribution is 2.42. The fraction of sp³-hybridized carbons (Fsp3) is 0.231. The summed E-state index contributed by atoms with van der Waals surface area (Å²) in [6.07, 6.45) is -5.09. The predicted molar refractivity (Wildman–Crippen MR) is 119 cm³/mol. The van der Waals surface area contributed by atoms with Gasteiger partial charge in [0, 0.05) is 6.54 Å². The molecule has 1 atom stereocenters. The maximum atomic E-state index is 14.8. The lowest BCUT2D eigenvalue weighted by molar-refractivity contribution is -0.148. The lowest BCUT2D eigenvalue weighted by Crippen LogP contribution is -2.37. The smallest absolute Gasteiger partial charge is 0.417 e. The number of benzene rings is 3. The molecule has 35 heavy (non-hydrogen) atoms. The van der Waals surface area contributed by atoms with Crippen molar-refractivity contribution in [1.82, 2.24) is 5.32 Å². The normalized spacial score (nSPS) is 15.4. The molecule has 0 fully saturated rings. The van der Waals surface area contributed by atoms with Gasteiger partial charge in [0.1, 0.15) is 18.5 Å². The number of hydrogen-bond donors (Lipinski definition) is 2. The number of esters is 1. The van der Waals surface area contributed by atoms with Gasteiger partial charge < -0.3 is 15.2 Å². The van der Waals surface area contributed by atoms with Gasteiger partial charge in [0.05, 0.1) is 12.0 Å². The molecule has 1 aliphatic heterocycles. The first-order chi connectivity index (χ1) is 16.6. The third-order valence-electron chi connectivity index (χ3n) is 5.81. The fourth-order valence-corrected chi connectivity index (χ4v) is 4.26. The van der Waals surface area contributed by atoms with Crippen LogP contribution in [0.4, 0.5) is 17.6 Å². The van der Waals surface area contributed by atoms with Crippen LogP contribution in [0.5, 0.6) is 0 Å². The highest BCUT2D eigenvalue weighted by Gasteiger charge is 2.37. The lowest BCUT2D eigenvalue weighted by Gasteiger charge is -2.29. The van der Waals surface area contributed by atoms with E-state index in [1.54, 1.807) is 30.3 Å². The molecule has 5 nitrogen and oxygen atoms in total. The number of alkyl halides is 3. The number of fused-ring (bicyclic) bond motifs is 1. The van der Waals surface area contributed by atoms with Crippen LogP contribution in [0.15, 0.2) is 60.7 Å². The molecule has 0 saturated carbocycles. The van der Waals surface area contributed by atoms with Crippen molar-refractivity contribution in [1.29, 1.82) is 0 Å². The van der Waals surface area contributed by atoms with Gasteiger partial charge in [-0.3, -0.25) is 4.79 Å². The zero-order chi connectivity index (χ0) is 25.2. The minimum absolute atomic E-state index is 0.00479. The maximum absolute atomic E-state index is 14.8. The number of carboxylic acids is 1. The Kier molecular flexibility index (Phi) is 6.88. The van der Waals surface area contributed by atoms with E-state index in [0.29, 0.717) is 0 Å². The summed E-state index contributed by atoms with van der Waals surface area (Å²) in [4.78, 5) is 24.2. The molecule has 1 unspecified atom stereocenters. The summed E-state index contributed by atoms with van der Waals surface area (Å²) in [5, 5.41) is 12.0. The standard InChI is InChI=1S/C26H21F4NO4/c27-21-9-7-17(19-12-16(13-22(32)33)6-8-20(19)26(28,29)30)23-18(21)10-11-31-24(23)25(34)35-14-15-4-2-1-3-5-15/h1-9,12,24,31H,10-11,13-14H2,(H,32,33). The Hall–Kier alpha value is -3.72. The molecule has 0 amide bonds. The summed E-state index contributed by atoms with van der Waals surface area (Å²) in [5.41, 5.74) is -0.288. The summed E-state index contributed by atoms with van der Waals surface area (Å²) in [6, 6.07) is 12.9. The van der Waals surface area contributed by atoms with E-state index >= 15 is 0 Å². The number of carboxylic acid groups (broad SMARTS) is 1. The van der Waals surface area contributed by atoms with Crippen LogP contribution in [0.1, 0.15) is 33.9 Å². The van der Waals surface area contributed by atoms with Crippen molar-refractivity contribution in [2.45, 2.75) is 31.7 Å². The molecule has 0 aliphatic carbocycles. The average molecular weight is 487 g/mol. The van der Waals surface area contributed by atoms with Gasteiger partial charge in [0.15, 0.2) is 0 Å². The first-order valence-corrected chi connectivity index (χ1v) is 10.8. The Morgan fingerprint density at radius 3 is 2.43 bits per heavy atom. The van der Waals surface area contributed by atoms with E-state index < -0.39 is 42.0 Å². The number of rotatable bonds is 6. The molecule has 3 aromatic rings. The van der Waals surface area contributed by atoms with Crippen LogP contribution in [0.2, 0.25) is 0 Å². The highest BCUT2D eigenvalue weighted by molar-refractivity contribution is 5.85. The second kappa shape index (κ2) is 9.87. The largest absolute Gasteiger partial charge is 0.481 e. The molecule has 0 aromatic heterocycles. The van der Waals surface area contributed by atoms with Gasteiger partial charge in [-0.1, -0.05) is 42.5 Å². The van der Waals surface area contributed by atoms with E-state index in [9.17, 15) is 27.2 Å². The molecule has 3 aromatic carbocycles. The monoisotopic (exact) mass is 487 g/mol. The molecule has 1 aliphatic rings. The Bertz CT molecular complexity index is 1260. The quantitative estimate of drug-likeness (QED) is 0.375. The molecular weight excluding hydrogens is 466 g/mol. The molecule has 2 N–H and O–H groups in total. The molecule has 1 heterocycles. The van der Waals surface area contributed by atoms with Crippen molar-refractivity contribution in [3.63, 3.8) is 0 Å². The number of halogens is 4. The summed E-state index contributed by atoms with van der Waals surface area (Å²) in [6.45, 7) is 0.170. The molecule has 0 bridgehead atoms. The number of nitrogens with one attached hydrogen (secondary N) is 1. The van der Waals surface area contributed by atoms with Gasteiger partial charge in [0.2, 0.25) is 0 Å². The molecule has 0 spiro atoms. The second-order valence-corrected chi connectivity index (χ2v) is 8.17. The van der Waals surface area contributed by atoms with Crippen LogP contribution < -0.4 is 5.32 Å². The van der Waals surface area contributed by atoms with Crippen molar-refractivity contribution < 1.29 is 37.0 Å². The molecule has 0 saturated heterocycles. The van der Waals surface area contributed by atoms with E-state index in [0.717, 1.165) is 29.8 Å². The predicted octanol–water partition coefficient (Wildman–Crippen LogP) is 5.07. The van der Waals surface area contributed by atoms with Gasteiger partial charge in [0.25, 0.3) is 0 Å². The van der Waals surface area contributed by atoms with Crippen molar-refractivity contribution >= 4 is 11.9 Å². The van der Waals surface area contributed by atoms with Crippen LogP contribution in [-0.4, -0.2) is 23.6 Å². The number of carbonyl (C=O) groups is 2. The van der Waals surface area contributed by atoms with E-state index in [-0.39, 0.29) is 47.4 Å². The van der Waals surface area contributed by atoms with Gasteiger partial charge in [-0.15, -0.1) is 0 Å². The van der Waals surface area contributed by atoms with E-state index in [2.05, 4.69) is 5.32 Å². The Labute approximate surface area is 198 Å². The maximum Gasteiger partial charge on any atom is 0.417 e. The van der Waals surface area contributed by atoms with Crippen molar-refractivity contribution in [3.05, 3.63) is 94.3 Å². The zero-order valence-corrected chi connectivity index (χ0v) is 18.4. The minimum Gasteiger partial charge on any atom is -0.481 e. The lowest BCUT2D eigenvalue weighted by atomic mass is 9.84. The van der Waals surface area contributed by atoms with Crippen molar-refractivity contribution in [3.8, 4) is 11.1 Å². The van der Waals surface area contributed by atoms with Crippen LogP contribution in [-0.2, 0) is 40.0 Å². The number of ether oxygens (including phenoxy) is 1. The number of hydrogen-bond acceptors (Lipinski definition) is 4. The van der Waals surface area contributed by atoms with E-state index in [4.69, 9.17) is 9.84 Å². The van der Waals surface area contributed by atoms with Crippen molar-refractivity contribution in [2.24, 2.45) is 0 Å². The highest BCUT2D eigenvalue weighted by atomic mass is 19.4. The third kappa shape index (κ3) is 5.35. The minimum atomic E-state index is -4.76. The SMILES string of the molecule is O=C(O)Cc1ccc(C(F)(F)F)c(-c2ccc(F)c3c2C(C(=O)OCc2ccccc2)NCC3)c1. The van der Waals surface area contributed by atoms with Crippen LogP contribution in [0.25, 0.3) is 11.1 Å². The first-order valence-electron chi connectivity index (χ1n) is 10.8. The summed E-state index contributed by atoms with van der Waals surface area (Å²) in [5.74, 6) is -2.60.